The summed E-state index contributed by atoms with van der Waals surface area (Å²) in [5.74, 6) is 5.17. The van der Waals surface area contributed by atoms with Crippen LogP contribution >= 0.6 is 0 Å². The van der Waals surface area contributed by atoms with Crippen molar-refractivity contribution in [2.45, 2.75) is 46.6 Å². The van der Waals surface area contributed by atoms with Crippen LogP contribution in [0.1, 0.15) is 41.0 Å². The average molecular weight is 145 g/mol. The van der Waals surface area contributed by atoms with Crippen LogP contribution in [-0.4, -0.2) is 5.60 Å². The zero-order valence-corrected chi connectivity index (χ0v) is 7.69. The van der Waals surface area contributed by atoms with E-state index in [-0.39, 0.29) is 11.0 Å². The van der Waals surface area contributed by atoms with Crippen molar-refractivity contribution in [2.24, 2.45) is 11.3 Å². The molecule has 0 amide bonds. The fraction of sp³-hybridized carbons (Fsp3) is 1.00. The Morgan fingerprint density at radius 3 is 1.70 bits per heavy atom. The van der Waals surface area contributed by atoms with Crippen molar-refractivity contribution >= 4 is 0 Å². The Morgan fingerprint density at radius 2 is 1.60 bits per heavy atom. The quantitative estimate of drug-likeness (QED) is 0.617. The molecule has 2 nitrogen and oxygen atoms in total. The van der Waals surface area contributed by atoms with Crippen LogP contribution in [0.5, 0.6) is 0 Å². The molecule has 0 saturated heterocycles. The molecule has 0 bridgehead atoms. The number of hydrogen-bond donors (Lipinski definition) is 1. The molecule has 0 radical (unpaired) electrons. The Hall–Kier alpha value is -0.0800. The van der Waals surface area contributed by atoms with Crippen LogP contribution < -0.4 is 5.90 Å². The molecule has 0 saturated carbocycles. The van der Waals surface area contributed by atoms with Crippen molar-refractivity contribution in [1.29, 1.82) is 0 Å². The number of rotatable bonds is 3. The Morgan fingerprint density at radius 1 is 1.20 bits per heavy atom. The van der Waals surface area contributed by atoms with Gasteiger partial charge in [0.2, 0.25) is 0 Å². The van der Waals surface area contributed by atoms with Crippen LogP contribution in [0.4, 0.5) is 0 Å². The molecule has 0 aromatic carbocycles. The molecule has 0 aliphatic heterocycles. The lowest BCUT2D eigenvalue weighted by Gasteiger charge is -2.38. The van der Waals surface area contributed by atoms with E-state index in [1.165, 1.54) is 0 Å². The van der Waals surface area contributed by atoms with E-state index < -0.39 is 0 Å². The zero-order chi connectivity index (χ0) is 8.41. The highest BCUT2D eigenvalue weighted by atomic mass is 16.6. The molecular weight excluding hydrogens is 126 g/mol. The third-order valence-electron chi connectivity index (χ3n) is 2.81. The lowest BCUT2D eigenvalue weighted by Crippen LogP contribution is -2.43. The summed E-state index contributed by atoms with van der Waals surface area (Å²) in [7, 11) is 0. The molecule has 62 valence electrons. The molecule has 0 fully saturated rings. The molecule has 0 spiro atoms. The molecule has 0 unspecified atom stereocenters. The monoisotopic (exact) mass is 145 g/mol. The molecule has 2 heteroatoms. The maximum Gasteiger partial charge on any atom is 0.0888 e. The van der Waals surface area contributed by atoms with Gasteiger partial charge in [0.1, 0.15) is 0 Å². The summed E-state index contributed by atoms with van der Waals surface area (Å²) < 4.78 is 0. The van der Waals surface area contributed by atoms with E-state index in [0.29, 0.717) is 0 Å². The largest absolute Gasteiger partial charge is 0.298 e. The van der Waals surface area contributed by atoms with E-state index in [1.54, 1.807) is 0 Å². The first-order chi connectivity index (χ1) is 4.37. The van der Waals surface area contributed by atoms with Gasteiger partial charge in [-0.3, -0.25) is 4.84 Å². The Labute approximate surface area is 63.7 Å². The summed E-state index contributed by atoms with van der Waals surface area (Å²) in [5, 5.41) is 0. The van der Waals surface area contributed by atoms with Gasteiger partial charge in [0.25, 0.3) is 0 Å². The second-order valence-electron chi connectivity index (χ2n) is 3.87. The van der Waals surface area contributed by atoms with Crippen LogP contribution in [0, 0.1) is 5.41 Å². The molecule has 0 aliphatic rings. The minimum absolute atomic E-state index is 0.141. The van der Waals surface area contributed by atoms with Crippen LogP contribution in [0.15, 0.2) is 0 Å². The van der Waals surface area contributed by atoms with Gasteiger partial charge >= 0.3 is 0 Å². The number of hydrogen-bond acceptors (Lipinski definition) is 2. The van der Waals surface area contributed by atoms with E-state index in [4.69, 9.17) is 10.7 Å². The Balaban J connectivity index is 4.28. The standard InChI is InChI=1S/C8H19NO/c1-6-7(2,3)8(4,5)10-9/h6,9H2,1-5H3. The van der Waals surface area contributed by atoms with Gasteiger partial charge in [-0.1, -0.05) is 20.8 Å². The summed E-state index contributed by atoms with van der Waals surface area (Å²) >= 11 is 0. The molecule has 0 rings (SSSR count). The first kappa shape index (κ1) is 9.92. The van der Waals surface area contributed by atoms with Gasteiger partial charge in [-0.05, 0) is 25.7 Å². The lowest BCUT2D eigenvalue weighted by molar-refractivity contribution is -0.102. The van der Waals surface area contributed by atoms with Gasteiger partial charge in [-0.25, -0.2) is 5.90 Å². The molecule has 10 heavy (non-hydrogen) atoms. The highest BCUT2D eigenvalue weighted by Crippen LogP contribution is 2.35. The molecule has 0 atom stereocenters. The van der Waals surface area contributed by atoms with Gasteiger partial charge in [0.05, 0.1) is 5.60 Å². The van der Waals surface area contributed by atoms with E-state index in [2.05, 4.69) is 20.8 Å². The molecule has 0 aromatic rings. The fourth-order valence-electron chi connectivity index (χ4n) is 0.585. The molecular formula is C8H19NO. The lowest BCUT2D eigenvalue weighted by atomic mass is 9.75. The van der Waals surface area contributed by atoms with E-state index in [1.807, 2.05) is 13.8 Å². The highest BCUT2D eigenvalue weighted by molar-refractivity contribution is 4.85. The van der Waals surface area contributed by atoms with E-state index in [0.717, 1.165) is 6.42 Å². The van der Waals surface area contributed by atoms with Gasteiger partial charge in [0, 0.05) is 0 Å². The minimum Gasteiger partial charge on any atom is -0.298 e. The van der Waals surface area contributed by atoms with Gasteiger partial charge in [0.15, 0.2) is 0 Å². The fourth-order valence-corrected chi connectivity index (χ4v) is 0.585. The third kappa shape index (κ3) is 1.70. The van der Waals surface area contributed by atoms with Crippen molar-refractivity contribution in [3.63, 3.8) is 0 Å². The van der Waals surface area contributed by atoms with Crippen LogP contribution in [0.2, 0.25) is 0 Å². The predicted molar refractivity (Wildman–Crippen MR) is 43.4 cm³/mol. The molecule has 0 heterocycles. The maximum absolute atomic E-state index is 5.17. The summed E-state index contributed by atoms with van der Waals surface area (Å²) in [6.45, 7) is 10.5. The zero-order valence-electron chi connectivity index (χ0n) is 7.69. The average Bonchev–Trinajstić information content (AvgIpc) is 1.88. The highest BCUT2D eigenvalue weighted by Gasteiger charge is 2.35. The molecule has 2 N–H and O–H groups in total. The Kier molecular flexibility index (Phi) is 2.86. The Bertz CT molecular complexity index is 93.8. The predicted octanol–water partition coefficient (Wildman–Crippen LogP) is 2.09. The summed E-state index contributed by atoms with van der Waals surface area (Å²) in [5.41, 5.74) is -0.0938. The van der Waals surface area contributed by atoms with Crippen LogP contribution in [0.25, 0.3) is 0 Å². The first-order valence-electron chi connectivity index (χ1n) is 3.75. The van der Waals surface area contributed by atoms with Crippen molar-refractivity contribution in [3.8, 4) is 0 Å². The summed E-state index contributed by atoms with van der Waals surface area (Å²) in [6.07, 6.45) is 1.07. The van der Waals surface area contributed by atoms with Crippen LogP contribution in [0.3, 0.4) is 0 Å². The van der Waals surface area contributed by atoms with E-state index >= 15 is 0 Å². The smallest absolute Gasteiger partial charge is 0.0888 e. The van der Waals surface area contributed by atoms with Crippen molar-refractivity contribution in [1.82, 2.24) is 0 Å². The summed E-state index contributed by atoms with van der Waals surface area (Å²) in [6, 6.07) is 0. The molecule has 0 aromatic heterocycles. The first-order valence-corrected chi connectivity index (χ1v) is 3.75. The van der Waals surface area contributed by atoms with Gasteiger partial charge in [-0.2, -0.15) is 0 Å². The topological polar surface area (TPSA) is 35.2 Å². The van der Waals surface area contributed by atoms with E-state index in [9.17, 15) is 0 Å². The van der Waals surface area contributed by atoms with Crippen molar-refractivity contribution in [2.75, 3.05) is 0 Å². The third-order valence-corrected chi connectivity index (χ3v) is 2.81. The minimum atomic E-state index is -0.234. The second-order valence-corrected chi connectivity index (χ2v) is 3.87. The second kappa shape index (κ2) is 2.89. The van der Waals surface area contributed by atoms with Gasteiger partial charge in [-0.15, -0.1) is 0 Å². The maximum atomic E-state index is 5.17. The molecule has 0 aliphatic carbocycles. The normalized spacial score (nSPS) is 13.8. The van der Waals surface area contributed by atoms with Crippen LogP contribution in [-0.2, 0) is 4.84 Å². The summed E-state index contributed by atoms with van der Waals surface area (Å²) in [4.78, 5) is 4.89. The van der Waals surface area contributed by atoms with Crippen molar-refractivity contribution in [3.05, 3.63) is 0 Å². The number of nitrogens with two attached hydrogens (primary N) is 1. The van der Waals surface area contributed by atoms with Crippen molar-refractivity contribution < 1.29 is 4.84 Å². The SMILES string of the molecule is CCC(C)(C)C(C)(C)ON. The van der Waals surface area contributed by atoms with Gasteiger partial charge < -0.3 is 0 Å².